The minimum atomic E-state index is -3.82. The van der Waals surface area contributed by atoms with E-state index in [4.69, 9.17) is 0 Å². The number of likely N-dealkylation sites (tertiary alicyclic amines) is 1. The number of amides is 1. The molecule has 37 heavy (non-hydrogen) atoms. The number of nitrogens with one attached hydrogen (secondary N) is 1. The Kier molecular flexibility index (Phi) is 7.90. The van der Waals surface area contributed by atoms with Crippen LogP contribution in [0.5, 0.6) is 0 Å². The zero-order chi connectivity index (χ0) is 26.7. The monoisotopic (exact) mass is 518 g/mol. The molecule has 0 radical (unpaired) electrons. The lowest BCUT2D eigenvalue weighted by atomic mass is 9.95. The van der Waals surface area contributed by atoms with Crippen LogP contribution in [0, 0.1) is 20.8 Å². The van der Waals surface area contributed by atoms with Crippen molar-refractivity contribution in [1.82, 2.24) is 20.2 Å². The summed E-state index contributed by atoms with van der Waals surface area (Å²) in [5, 5.41) is 2.15. The number of sulfone groups is 1. The molecule has 7 nitrogen and oxygen atoms in total. The molecule has 2 atom stereocenters. The highest BCUT2D eigenvalue weighted by molar-refractivity contribution is 7.92. The van der Waals surface area contributed by atoms with Crippen LogP contribution in [0.25, 0.3) is 11.1 Å². The minimum Gasteiger partial charge on any atom is -0.345 e. The first-order chi connectivity index (χ1) is 17.6. The third-order valence-corrected chi connectivity index (χ3v) is 9.00. The normalized spacial score (nSPS) is 15.8. The molecule has 0 saturated carbocycles. The minimum absolute atomic E-state index is 0.113. The molecule has 1 fully saturated rings. The second kappa shape index (κ2) is 10.9. The number of benzene rings is 2. The molecule has 194 valence electrons. The van der Waals surface area contributed by atoms with Crippen molar-refractivity contribution < 1.29 is 13.2 Å². The molecule has 1 aliphatic heterocycles. The van der Waals surface area contributed by atoms with Crippen LogP contribution < -0.4 is 5.32 Å². The first-order valence-corrected chi connectivity index (χ1v) is 14.1. The highest BCUT2D eigenvalue weighted by Gasteiger charge is 2.33. The highest BCUT2D eigenvalue weighted by Crippen LogP contribution is 2.33. The molecule has 2 aromatic carbocycles. The molecule has 0 bridgehead atoms. The summed E-state index contributed by atoms with van der Waals surface area (Å²) < 4.78 is 27.8. The Morgan fingerprint density at radius 2 is 1.68 bits per heavy atom. The Hall–Kier alpha value is -3.36. The van der Waals surface area contributed by atoms with E-state index < -0.39 is 15.2 Å². The number of nitrogens with zero attached hydrogens (tertiary/aromatic N) is 3. The van der Waals surface area contributed by atoms with Crippen LogP contribution in [-0.4, -0.2) is 47.7 Å². The van der Waals surface area contributed by atoms with E-state index in [9.17, 15) is 13.2 Å². The summed E-state index contributed by atoms with van der Waals surface area (Å²) in [7, 11) is -3.82. The predicted octanol–water partition coefficient (Wildman–Crippen LogP) is 4.94. The van der Waals surface area contributed by atoms with E-state index in [1.165, 1.54) is 12.1 Å². The van der Waals surface area contributed by atoms with Gasteiger partial charge in [-0.25, -0.2) is 18.4 Å². The molecular formula is C29H34N4O3S. The summed E-state index contributed by atoms with van der Waals surface area (Å²) in [6.45, 7) is 12.7. The molecule has 2 unspecified atom stereocenters. The van der Waals surface area contributed by atoms with Gasteiger partial charge in [-0.15, -0.1) is 6.58 Å². The largest absolute Gasteiger partial charge is 0.345 e. The fourth-order valence-corrected chi connectivity index (χ4v) is 6.41. The van der Waals surface area contributed by atoms with E-state index >= 15 is 0 Å². The molecular weight excluding hydrogens is 484 g/mol. The zero-order valence-electron chi connectivity index (χ0n) is 21.9. The first kappa shape index (κ1) is 26.7. The van der Waals surface area contributed by atoms with Crippen molar-refractivity contribution in [2.45, 2.75) is 56.8 Å². The molecule has 2 heterocycles. The maximum atomic E-state index is 13.9. The van der Waals surface area contributed by atoms with Crippen molar-refractivity contribution in [2.24, 2.45) is 0 Å². The van der Waals surface area contributed by atoms with E-state index in [0.717, 1.165) is 29.5 Å². The van der Waals surface area contributed by atoms with Crippen molar-refractivity contribution in [3.8, 4) is 11.1 Å². The number of rotatable bonds is 8. The third kappa shape index (κ3) is 5.65. The Balaban J connectivity index is 1.79. The molecule has 0 spiro atoms. The van der Waals surface area contributed by atoms with Crippen molar-refractivity contribution in [3.05, 3.63) is 89.5 Å². The van der Waals surface area contributed by atoms with Gasteiger partial charge in [-0.2, -0.15) is 0 Å². The quantitative estimate of drug-likeness (QED) is 0.425. The number of hydrogen-bond acceptors (Lipinski definition) is 6. The van der Waals surface area contributed by atoms with E-state index in [0.29, 0.717) is 35.6 Å². The van der Waals surface area contributed by atoms with Gasteiger partial charge in [0.1, 0.15) is 11.2 Å². The summed E-state index contributed by atoms with van der Waals surface area (Å²) >= 11 is 0. The van der Waals surface area contributed by atoms with E-state index in [1.807, 2.05) is 49.9 Å². The smallest absolute Gasteiger partial charge is 0.252 e. The topological polar surface area (TPSA) is 92.3 Å². The van der Waals surface area contributed by atoms with Crippen molar-refractivity contribution in [3.63, 3.8) is 0 Å². The molecule has 1 aliphatic rings. The number of aryl methyl sites for hydroxylation is 2. The number of aromatic nitrogens is 2. The van der Waals surface area contributed by atoms with Crippen LogP contribution in [0.15, 0.2) is 66.3 Å². The van der Waals surface area contributed by atoms with Crippen molar-refractivity contribution in [1.29, 1.82) is 0 Å². The molecule has 1 N–H and O–H groups in total. The van der Waals surface area contributed by atoms with Gasteiger partial charge in [0.2, 0.25) is 0 Å². The highest BCUT2D eigenvalue weighted by atomic mass is 32.2. The predicted molar refractivity (Wildman–Crippen MR) is 146 cm³/mol. The Bertz CT molecular complexity index is 1390. The number of carbonyl (C=O) groups excluding carboxylic acids is 1. The zero-order valence-corrected chi connectivity index (χ0v) is 22.7. The maximum absolute atomic E-state index is 13.9. The van der Waals surface area contributed by atoms with Gasteiger partial charge in [-0.1, -0.05) is 35.9 Å². The molecule has 0 aliphatic carbocycles. The fourth-order valence-electron chi connectivity index (χ4n) is 4.71. The molecule has 8 heteroatoms. The van der Waals surface area contributed by atoms with Crippen LogP contribution in [0.4, 0.5) is 0 Å². The van der Waals surface area contributed by atoms with Gasteiger partial charge in [-0.05, 0) is 82.4 Å². The third-order valence-electron chi connectivity index (χ3n) is 6.99. The van der Waals surface area contributed by atoms with Crippen LogP contribution in [0.2, 0.25) is 0 Å². The van der Waals surface area contributed by atoms with Crippen molar-refractivity contribution in [2.75, 3.05) is 13.1 Å². The van der Waals surface area contributed by atoms with E-state index in [1.54, 1.807) is 25.4 Å². The van der Waals surface area contributed by atoms with Gasteiger partial charge in [0, 0.05) is 23.5 Å². The second-order valence-corrected chi connectivity index (χ2v) is 11.7. The SMILES string of the molecule is C=CC(N1CCCC1)S(=O)(=O)c1cc(C(=O)NC(C)c2cnc(C)nc2)c(C)c(-c2ccc(C)cc2)c1. The lowest BCUT2D eigenvalue weighted by molar-refractivity contribution is 0.0939. The van der Waals surface area contributed by atoms with Gasteiger partial charge in [0.25, 0.3) is 5.91 Å². The van der Waals surface area contributed by atoms with Crippen LogP contribution in [0.3, 0.4) is 0 Å². The molecule has 1 amide bonds. The average molecular weight is 519 g/mol. The number of hydrogen-bond donors (Lipinski definition) is 1. The Labute approximate surface area is 219 Å². The van der Waals surface area contributed by atoms with Gasteiger partial charge >= 0.3 is 0 Å². The lowest BCUT2D eigenvalue weighted by Crippen LogP contribution is -2.37. The fraction of sp³-hybridized carbons (Fsp3) is 0.345. The summed E-state index contributed by atoms with van der Waals surface area (Å²) in [5.74, 6) is 0.292. The second-order valence-electron chi connectivity index (χ2n) is 9.68. The van der Waals surface area contributed by atoms with Gasteiger partial charge < -0.3 is 5.32 Å². The summed E-state index contributed by atoms with van der Waals surface area (Å²) in [6.07, 6.45) is 6.77. The van der Waals surface area contributed by atoms with Gasteiger partial charge in [0.15, 0.2) is 9.84 Å². The average Bonchev–Trinajstić information content (AvgIpc) is 3.39. The molecule has 1 saturated heterocycles. The maximum Gasteiger partial charge on any atom is 0.252 e. The number of carbonyl (C=O) groups is 1. The lowest BCUT2D eigenvalue weighted by Gasteiger charge is -2.25. The van der Waals surface area contributed by atoms with Gasteiger partial charge in [-0.3, -0.25) is 9.69 Å². The van der Waals surface area contributed by atoms with Crippen LogP contribution in [-0.2, 0) is 9.84 Å². The molecule has 1 aromatic heterocycles. The summed E-state index contributed by atoms with van der Waals surface area (Å²) in [4.78, 5) is 24.0. The standard InChI is InChI=1S/C29H34N4O3S/c1-6-28(33-13-7-8-14-33)37(35,36)25-15-26(23-11-9-19(2)10-12-23)20(3)27(16-25)29(34)32-21(4)24-17-30-22(5)31-18-24/h6,9-12,15-18,21,28H,1,7-8,13-14H2,2-5H3,(H,32,34). The van der Waals surface area contributed by atoms with Crippen molar-refractivity contribution >= 4 is 15.7 Å². The van der Waals surface area contributed by atoms with E-state index in [-0.39, 0.29) is 16.8 Å². The van der Waals surface area contributed by atoms with Crippen LogP contribution in [0.1, 0.15) is 58.7 Å². The Morgan fingerprint density at radius 3 is 2.27 bits per heavy atom. The van der Waals surface area contributed by atoms with E-state index in [2.05, 4.69) is 21.9 Å². The summed E-state index contributed by atoms with van der Waals surface area (Å²) in [5.41, 5.74) is 4.45. The van der Waals surface area contributed by atoms with Gasteiger partial charge in [0.05, 0.1) is 10.9 Å². The summed E-state index contributed by atoms with van der Waals surface area (Å²) in [6, 6.07) is 10.7. The molecule has 3 aromatic rings. The van der Waals surface area contributed by atoms with Crippen LogP contribution >= 0.6 is 0 Å². The first-order valence-electron chi connectivity index (χ1n) is 12.5. The molecule has 4 rings (SSSR count). The Morgan fingerprint density at radius 1 is 1.05 bits per heavy atom.